The highest BCUT2D eigenvalue weighted by molar-refractivity contribution is 5.42. The molecule has 1 rings (SSSR count). The zero-order valence-electron chi connectivity index (χ0n) is 13.5. The number of unbranched alkanes of at least 4 members (excludes halogenated alkanes) is 1. The van der Waals surface area contributed by atoms with Gasteiger partial charge in [0.05, 0.1) is 14.2 Å². The molecule has 3 heteroatoms. The van der Waals surface area contributed by atoms with Crippen molar-refractivity contribution in [2.45, 2.75) is 46.1 Å². The maximum Gasteiger partial charge on any atom is 0.123 e. The fourth-order valence-electron chi connectivity index (χ4n) is 2.28. The van der Waals surface area contributed by atoms with E-state index in [-0.39, 0.29) is 6.04 Å². The second-order valence-corrected chi connectivity index (χ2v) is 5.67. The van der Waals surface area contributed by atoms with Crippen molar-refractivity contribution in [3.63, 3.8) is 0 Å². The van der Waals surface area contributed by atoms with Gasteiger partial charge in [0.25, 0.3) is 0 Å². The topological polar surface area (TPSA) is 30.5 Å². The van der Waals surface area contributed by atoms with E-state index in [9.17, 15) is 0 Å². The third-order valence-corrected chi connectivity index (χ3v) is 3.56. The predicted molar refractivity (Wildman–Crippen MR) is 84.7 cm³/mol. The smallest absolute Gasteiger partial charge is 0.123 e. The molecule has 1 aromatic carbocycles. The lowest BCUT2D eigenvalue weighted by molar-refractivity contribution is 0.391. The van der Waals surface area contributed by atoms with E-state index < -0.39 is 0 Å². The largest absolute Gasteiger partial charge is 0.497 e. The molecule has 0 bridgehead atoms. The highest BCUT2D eigenvalue weighted by Gasteiger charge is 2.12. The molecule has 0 aliphatic heterocycles. The SMILES string of the molecule is COc1ccc(OC)c(C(C)NCCCCC(C)C)c1. The number of hydrogen-bond donors (Lipinski definition) is 1. The zero-order chi connectivity index (χ0) is 15.0. The third kappa shape index (κ3) is 5.41. The van der Waals surface area contributed by atoms with Crippen LogP contribution < -0.4 is 14.8 Å². The number of methoxy groups -OCH3 is 2. The molecule has 1 atom stereocenters. The van der Waals surface area contributed by atoms with Gasteiger partial charge in [0.2, 0.25) is 0 Å². The van der Waals surface area contributed by atoms with E-state index in [4.69, 9.17) is 9.47 Å². The third-order valence-electron chi connectivity index (χ3n) is 3.56. The number of benzene rings is 1. The van der Waals surface area contributed by atoms with Crippen molar-refractivity contribution < 1.29 is 9.47 Å². The standard InChI is InChI=1S/C17H29NO2/c1-13(2)8-6-7-11-18-14(3)16-12-15(19-4)9-10-17(16)20-5/h9-10,12-14,18H,6-8,11H2,1-5H3. The van der Waals surface area contributed by atoms with Crippen molar-refractivity contribution in [2.75, 3.05) is 20.8 Å². The van der Waals surface area contributed by atoms with Crippen LogP contribution in [0.2, 0.25) is 0 Å². The highest BCUT2D eigenvalue weighted by Crippen LogP contribution is 2.29. The van der Waals surface area contributed by atoms with Crippen LogP contribution >= 0.6 is 0 Å². The van der Waals surface area contributed by atoms with Crippen LogP contribution in [0.4, 0.5) is 0 Å². The van der Waals surface area contributed by atoms with Gasteiger partial charge in [-0.2, -0.15) is 0 Å². The van der Waals surface area contributed by atoms with Gasteiger partial charge >= 0.3 is 0 Å². The van der Waals surface area contributed by atoms with Crippen molar-refractivity contribution in [3.05, 3.63) is 23.8 Å². The van der Waals surface area contributed by atoms with Crippen molar-refractivity contribution in [1.82, 2.24) is 5.32 Å². The van der Waals surface area contributed by atoms with Crippen LogP contribution in [0.15, 0.2) is 18.2 Å². The summed E-state index contributed by atoms with van der Waals surface area (Å²) in [7, 11) is 3.40. The summed E-state index contributed by atoms with van der Waals surface area (Å²) in [5.74, 6) is 2.58. The predicted octanol–water partition coefficient (Wildman–Crippen LogP) is 4.18. The Labute approximate surface area is 123 Å². The Kier molecular flexibility index (Phi) is 7.45. The van der Waals surface area contributed by atoms with Gasteiger partial charge in [0.15, 0.2) is 0 Å². The average molecular weight is 279 g/mol. The maximum atomic E-state index is 5.43. The van der Waals surface area contributed by atoms with E-state index in [1.54, 1.807) is 14.2 Å². The van der Waals surface area contributed by atoms with E-state index in [0.29, 0.717) is 0 Å². The van der Waals surface area contributed by atoms with Crippen LogP contribution in [-0.2, 0) is 0 Å². The molecule has 3 nitrogen and oxygen atoms in total. The van der Waals surface area contributed by atoms with Gasteiger partial charge in [-0.1, -0.05) is 26.7 Å². The van der Waals surface area contributed by atoms with E-state index in [2.05, 4.69) is 26.1 Å². The summed E-state index contributed by atoms with van der Waals surface area (Å²) in [5, 5.41) is 3.56. The van der Waals surface area contributed by atoms with E-state index >= 15 is 0 Å². The van der Waals surface area contributed by atoms with Crippen molar-refractivity contribution in [3.8, 4) is 11.5 Å². The molecule has 0 heterocycles. The summed E-state index contributed by atoms with van der Waals surface area (Å²) in [5.41, 5.74) is 1.15. The Morgan fingerprint density at radius 2 is 1.80 bits per heavy atom. The Bertz CT molecular complexity index is 391. The minimum atomic E-state index is 0.263. The normalized spacial score (nSPS) is 12.5. The van der Waals surface area contributed by atoms with Gasteiger partial charge in [-0.15, -0.1) is 0 Å². The number of rotatable bonds is 9. The van der Waals surface area contributed by atoms with Crippen LogP contribution in [-0.4, -0.2) is 20.8 Å². The fourth-order valence-corrected chi connectivity index (χ4v) is 2.28. The van der Waals surface area contributed by atoms with Crippen LogP contribution in [0.25, 0.3) is 0 Å². The lowest BCUT2D eigenvalue weighted by atomic mass is 10.0. The van der Waals surface area contributed by atoms with Crippen LogP contribution in [0, 0.1) is 5.92 Å². The molecule has 0 aromatic heterocycles. The number of ether oxygens (including phenoxy) is 2. The Balaban J connectivity index is 2.51. The highest BCUT2D eigenvalue weighted by atomic mass is 16.5. The summed E-state index contributed by atoms with van der Waals surface area (Å²) in [4.78, 5) is 0. The summed E-state index contributed by atoms with van der Waals surface area (Å²) >= 11 is 0. The molecular formula is C17H29NO2. The van der Waals surface area contributed by atoms with Gasteiger partial charge < -0.3 is 14.8 Å². The first kappa shape index (κ1) is 16.8. The quantitative estimate of drug-likeness (QED) is 0.688. The lowest BCUT2D eigenvalue weighted by Crippen LogP contribution is -2.20. The fraction of sp³-hybridized carbons (Fsp3) is 0.647. The van der Waals surface area contributed by atoms with Gasteiger partial charge in [-0.25, -0.2) is 0 Å². The molecule has 0 fully saturated rings. The monoisotopic (exact) mass is 279 g/mol. The van der Waals surface area contributed by atoms with Crippen LogP contribution in [0.3, 0.4) is 0 Å². The average Bonchev–Trinajstić information content (AvgIpc) is 2.45. The number of hydrogen-bond acceptors (Lipinski definition) is 3. The van der Waals surface area contributed by atoms with Gasteiger partial charge in [-0.3, -0.25) is 0 Å². The molecule has 1 N–H and O–H groups in total. The minimum absolute atomic E-state index is 0.263. The first-order chi connectivity index (χ1) is 9.58. The van der Waals surface area contributed by atoms with Crippen LogP contribution in [0.5, 0.6) is 11.5 Å². The molecule has 0 aliphatic carbocycles. The first-order valence-corrected chi connectivity index (χ1v) is 7.53. The zero-order valence-corrected chi connectivity index (χ0v) is 13.5. The summed E-state index contributed by atoms with van der Waals surface area (Å²) in [6, 6.07) is 6.20. The number of nitrogens with one attached hydrogen (secondary N) is 1. The Hall–Kier alpha value is -1.22. The molecule has 0 radical (unpaired) electrons. The molecule has 0 saturated heterocycles. The molecule has 1 unspecified atom stereocenters. The minimum Gasteiger partial charge on any atom is -0.497 e. The van der Waals surface area contributed by atoms with E-state index in [1.165, 1.54) is 19.3 Å². The molecule has 0 saturated carbocycles. The van der Waals surface area contributed by atoms with Crippen molar-refractivity contribution in [1.29, 1.82) is 0 Å². The molecule has 1 aromatic rings. The van der Waals surface area contributed by atoms with Crippen molar-refractivity contribution >= 4 is 0 Å². The molecule has 20 heavy (non-hydrogen) atoms. The Morgan fingerprint density at radius 3 is 2.40 bits per heavy atom. The molecular weight excluding hydrogens is 250 g/mol. The van der Waals surface area contributed by atoms with Crippen LogP contribution in [0.1, 0.15) is 51.6 Å². The lowest BCUT2D eigenvalue weighted by Gasteiger charge is -2.18. The maximum absolute atomic E-state index is 5.43. The van der Waals surface area contributed by atoms with Gasteiger partial charge in [0, 0.05) is 11.6 Å². The summed E-state index contributed by atoms with van der Waals surface area (Å²) in [6.07, 6.45) is 3.81. The molecule has 0 aliphatic rings. The second-order valence-electron chi connectivity index (χ2n) is 5.67. The molecule has 0 spiro atoms. The van der Waals surface area contributed by atoms with E-state index in [1.807, 2.05) is 18.2 Å². The summed E-state index contributed by atoms with van der Waals surface area (Å²) in [6.45, 7) is 7.75. The van der Waals surface area contributed by atoms with E-state index in [0.717, 1.165) is 29.5 Å². The first-order valence-electron chi connectivity index (χ1n) is 7.53. The summed E-state index contributed by atoms with van der Waals surface area (Å²) < 4.78 is 10.7. The molecule has 114 valence electrons. The Morgan fingerprint density at radius 1 is 1.05 bits per heavy atom. The second kappa shape index (κ2) is 8.85. The van der Waals surface area contributed by atoms with Gasteiger partial charge in [0.1, 0.15) is 11.5 Å². The van der Waals surface area contributed by atoms with Gasteiger partial charge in [-0.05, 0) is 44.0 Å². The molecule has 0 amide bonds. The van der Waals surface area contributed by atoms with Crippen molar-refractivity contribution in [2.24, 2.45) is 5.92 Å².